The van der Waals surface area contributed by atoms with Crippen molar-refractivity contribution in [2.75, 3.05) is 0 Å². The average molecular weight is 353 g/mol. The summed E-state index contributed by atoms with van der Waals surface area (Å²) in [5.41, 5.74) is 0. The Morgan fingerprint density at radius 1 is 1.20 bits per heavy atom. The molecular weight excluding hydrogens is 320 g/mol. The van der Waals surface area contributed by atoms with Crippen molar-refractivity contribution in [3.05, 3.63) is 24.3 Å². The third-order valence-electron chi connectivity index (χ3n) is 4.90. The summed E-state index contributed by atoms with van der Waals surface area (Å²) in [5, 5.41) is 40.7. The number of aliphatic hydroxyl groups excluding tert-OH is 3. The lowest BCUT2D eigenvalue weighted by molar-refractivity contribution is -0.305. The van der Waals surface area contributed by atoms with Crippen molar-refractivity contribution >= 4 is 5.97 Å². The third-order valence-corrected chi connectivity index (χ3v) is 4.90. The zero-order valence-electron chi connectivity index (χ0n) is 15.2. The molecule has 3 N–H and O–H groups in total. The first kappa shape index (κ1) is 21.9. The number of unbranched alkanes of at least 4 members (excludes halogenated alkanes) is 3. The highest BCUT2D eigenvalue weighted by molar-refractivity contribution is 5.64. The molecule has 5 nitrogen and oxygen atoms in total. The van der Waals surface area contributed by atoms with Crippen LogP contribution in [-0.2, 0) is 4.79 Å². The predicted octanol–water partition coefficient (Wildman–Crippen LogP) is 1.71. The quantitative estimate of drug-likeness (QED) is 0.366. The van der Waals surface area contributed by atoms with Gasteiger partial charge in [0.2, 0.25) is 0 Å². The molecule has 144 valence electrons. The highest BCUT2D eigenvalue weighted by Gasteiger charge is 2.39. The number of carboxylic acids is 1. The molecule has 0 radical (unpaired) electrons. The molecule has 1 aliphatic rings. The molecule has 0 bridgehead atoms. The van der Waals surface area contributed by atoms with Crippen LogP contribution in [-0.4, -0.2) is 39.6 Å². The number of hydrogen-bond acceptors (Lipinski definition) is 5. The Labute approximate surface area is 151 Å². The number of allylic oxidation sites excluding steroid dienone is 2. The monoisotopic (exact) mass is 353 g/mol. The van der Waals surface area contributed by atoms with Gasteiger partial charge in [-0.25, -0.2) is 0 Å². The van der Waals surface area contributed by atoms with Crippen LogP contribution in [0.4, 0.5) is 0 Å². The molecule has 1 aliphatic carbocycles. The summed E-state index contributed by atoms with van der Waals surface area (Å²) < 4.78 is 0. The highest BCUT2D eigenvalue weighted by Crippen LogP contribution is 2.36. The van der Waals surface area contributed by atoms with Crippen LogP contribution >= 0.6 is 0 Å². The van der Waals surface area contributed by atoms with E-state index in [2.05, 4.69) is 6.92 Å². The number of rotatable bonds is 12. The summed E-state index contributed by atoms with van der Waals surface area (Å²) in [4.78, 5) is 10.3. The van der Waals surface area contributed by atoms with E-state index in [0.717, 1.165) is 25.7 Å². The minimum Gasteiger partial charge on any atom is -0.550 e. The maximum atomic E-state index is 10.3. The first-order valence-electron chi connectivity index (χ1n) is 9.53. The summed E-state index contributed by atoms with van der Waals surface area (Å²) in [7, 11) is 0. The molecule has 1 fully saturated rings. The Morgan fingerprint density at radius 3 is 2.64 bits per heavy atom. The summed E-state index contributed by atoms with van der Waals surface area (Å²) in [6, 6.07) is 0. The second-order valence-electron chi connectivity index (χ2n) is 7.03. The maximum Gasteiger partial charge on any atom is 0.0721 e. The van der Waals surface area contributed by atoms with Gasteiger partial charge in [0.15, 0.2) is 0 Å². The van der Waals surface area contributed by atoms with E-state index < -0.39 is 24.3 Å². The molecule has 5 atom stereocenters. The highest BCUT2D eigenvalue weighted by atomic mass is 16.4. The molecule has 5 heteroatoms. The van der Waals surface area contributed by atoms with Crippen LogP contribution in [0.1, 0.15) is 64.7 Å². The van der Waals surface area contributed by atoms with Crippen LogP contribution in [0.15, 0.2) is 24.3 Å². The largest absolute Gasteiger partial charge is 0.550 e. The first-order valence-corrected chi connectivity index (χ1v) is 9.53. The number of aliphatic carboxylic acids is 1. The Morgan fingerprint density at radius 2 is 1.96 bits per heavy atom. The van der Waals surface area contributed by atoms with E-state index in [1.54, 1.807) is 6.08 Å². The Hall–Kier alpha value is -1.17. The molecule has 1 saturated carbocycles. The second kappa shape index (κ2) is 12.2. The Bertz CT molecular complexity index is 432. The molecule has 0 heterocycles. The summed E-state index contributed by atoms with van der Waals surface area (Å²) in [6.07, 6.45) is 12.0. The van der Waals surface area contributed by atoms with Crippen LogP contribution in [0, 0.1) is 11.8 Å². The lowest BCUT2D eigenvalue weighted by Gasteiger charge is -2.19. The van der Waals surface area contributed by atoms with Crippen molar-refractivity contribution in [1.82, 2.24) is 0 Å². The molecular formula is C20H33O5-. The van der Waals surface area contributed by atoms with Crippen molar-refractivity contribution in [3.8, 4) is 0 Å². The van der Waals surface area contributed by atoms with E-state index in [4.69, 9.17) is 0 Å². The van der Waals surface area contributed by atoms with Crippen LogP contribution in [0.2, 0.25) is 0 Å². The minimum absolute atomic E-state index is 0.0520. The molecule has 0 saturated heterocycles. The summed E-state index contributed by atoms with van der Waals surface area (Å²) >= 11 is 0. The molecule has 1 unspecified atom stereocenters. The Kier molecular flexibility index (Phi) is 10.7. The molecule has 0 aliphatic heterocycles. The fraction of sp³-hybridized carbons (Fsp3) is 0.750. The second-order valence-corrected chi connectivity index (χ2v) is 7.03. The number of carbonyl (C=O) groups is 1. The lowest BCUT2D eigenvalue weighted by Crippen LogP contribution is -2.21. The van der Waals surface area contributed by atoms with Gasteiger partial charge in [0, 0.05) is 18.3 Å². The van der Waals surface area contributed by atoms with Gasteiger partial charge in [-0.15, -0.1) is 0 Å². The molecule has 0 spiro atoms. The predicted molar refractivity (Wildman–Crippen MR) is 95.5 cm³/mol. The van der Waals surface area contributed by atoms with E-state index in [0.29, 0.717) is 25.7 Å². The molecule has 0 amide bonds. The zero-order valence-corrected chi connectivity index (χ0v) is 15.2. The summed E-state index contributed by atoms with van der Waals surface area (Å²) in [6.45, 7) is 2.12. The smallest absolute Gasteiger partial charge is 0.0721 e. The van der Waals surface area contributed by atoms with Crippen molar-refractivity contribution < 1.29 is 25.2 Å². The van der Waals surface area contributed by atoms with Gasteiger partial charge in [-0.05, 0) is 38.0 Å². The van der Waals surface area contributed by atoms with Gasteiger partial charge in [0.1, 0.15) is 0 Å². The average Bonchev–Trinajstić information content (AvgIpc) is 2.82. The van der Waals surface area contributed by atoms with Gasteiger partial charge < -0.3 is 25.2 Å². The molecule has 0 aromatic carbocycles. The van der Waals surface area contributed by atoms with Crippen LogP contribution in [0.3, 0.4) is 0 Å². The van der Waals surface area contributed by atoms with E-state index in [1.807, 2.05) is 18.2 Å². The van der Waals surface area contributed by atoms with Gasteiger partial charge in [-0.2, -0.15) is 0 Å². The van der Waals surface area contributed by atoms with Crippen LogP contribution in [0.25, 0.3) is 0 Å². The normalized spacial score (nSPS) is 28.2. The van der Waals surface area contributed by atoms with E-state index in [1.165, 1.54) is 0 Å². The number of carbonyl (C=O) groups excluding carboxylic acids is 1. The minimum atomic E-state index is -1.04. The van der Waals surface area contributed by atoms with Crippen molar-refractivity contribution in [1.29, 1.82) is 0 Å². The topological polar surface area (TPSA) is 101 Å². The third kappa shape index (κ3) is 8.66. The van der Waals surface area contributed by atoms with E-state index >= 15 is 0 Å². The number of aliphatic hydroxyl groups is 3. The number of hydrogen-bond donors (Lipinski definition) is 3. The van der Waals surface area contributed by atoms with Gasteiger partial charge in [-0.1, -0.05) is 50.5 Å². The zero-order chi connectivity index (χ0) is 18.7. The van der Waals surface area contributed by atoms with E-state index in [-0.39, 0.29) is 18.3 Å². The molecule has 0 aromatic heterocycles. The van der Waals surface area contributed by atoms with Crippen molar-refractivity contribution in [3.63, 3.8) is 0 Å². The van der Waals surface area contributed by atoms with Gasteiger partial charge in [0.25, 0.3) is 0 Å². The Balaban J connectivity index is 2.46. The van der Waals surface area contributed by atoms with Crippen molar-refractivity contribution in [2.24, 2.45) is 11.8 Å². The molecule has 25 heavy (non-hydrogen) atoms. The van der Waals surface area contributed by atoms with Gasteiger partial charge >= 0.3 is 0 Å². The van der Waals surface area contributed by atoms with Crippen LogP contribution in [0.5, 0.6) is 0 Å². The fourth-order valence-electron chi connectivity index (χ4n) is 3.40. The van der Waals surface area contributed by atoms with Gasteiger partial charge in [0.05, 0.1) is 18.3 Å². The number of carboxylic acid groups (broad SMARTS) is 1. The summed E-state index contributed by atoms with van der Waals surface area (Å²) in [5.74, 6) is -1.28. The van der Waals surface area contributed by atoms with E-state index in [9.17, 15) is 25.2 Å². The first-order chi connectivity index (χ1) is 12.0. The lowest BCUT2D eigenvalue weighted by atomic mass is 9.89. The van der Waals surface area contributed by atoms with Gasteiger partial charge in [-0.3, -0.25) is 0 Å². The molecule has 0 aromatic rings. The maximum absolute atomic E-state index is 10.3. The van der Waals surface area contributed by atoms with Crippen molar-refractivity contribution in [2.45, 2.75) is 83.0 Å². The van der Waals surface area contributed by atoms with Crippen LogP contribution < -0.4 is 5.11 Å². The standard InChI is InChI=1S/C20H34O5/c1-2-3-6-9-15(21)12-13-17-16(18(22)14-19(17)23)10-7-4-5-8-11-20(24)25/h4,7,12-13,15-19,21-23H,2-3,5-6,8-11,14H2,1H3,(H,24,25)/p-1/b7-4-,13-12+/t15-,16+,17+,18?,19+/m0/s1. The molecule has 1 rings (SSSR count). The SMILES string of the molecule is CCCCC[C@H](O)/C=C/[C@H]1[C@H](O)CC(O)[C@@H]1C/C=C\CCCC(=O)[O-]. The fourth-order valence-corrected chi connectivity index (χ4v) is 3.40.